The summed E-state index contributed by atoms with van der Waals surface area (Å²) in [6.07, 6.45) is 6.69. The second-order valence-electron chi connectivity index (χ2n) is 12.9. The average Bonchev–Trinajstić information content (AvgIpc) is 3.73. The van der Waals surface area contributed by atoms with Gasteiger partial charge in [0.15, 0.2) is 12.3 Å². The van der Waals surface area contributed by atoms with Gasteiger partial charge < -0.3 is 9.64 Å². The Balaban J connectivity index is 1.21. The van der Waals surface area contributed by atoms with E-state index >= 15 is 0 Å². The molecule has 248 valence electrons. The highest BCUT2D eigenvalue weighted by Gasteiger charge is 2.45. The summed E-state index contributed by atoms with van der Waals surface area (Å²) in [5.74, 6) is -14.1. The molecule has 1 fully saturated rings. The maximum absolute atomic E-state index is 14.1. The molecular weight excluding hydrogens is 635 g/mol. The highest BCUT2D eigenvalue weighted by atomic mass is 19.2. The van der Waals surface area contributed by atoms with Gasteiger partial charge in [-0.15, -0.1) is 0 Å². The second kappa shape index (κ2) is 12.6. The summed E-state index contributed by atoms with van der Waals surface area (Å²) in [6, 6.07) is 27.2. The minimum Gasteiger partial charge on any atom is -0.416 e. The summed E-state index contributed by atoms with van der Waals surface area (Å²) in [5.41, 5.74) is 5.91. The number of hydrogen-bond acceptors (Lipinski definition) is 3. The molecule has 0 N–H and O–H groups in total. The number of carbonyl (C=O) groups excluding carboxylic acids is 1. The topological polar surface area (TPSA) is 32.5 Å². The van der Waals surface area contributed by atoms with E-state index in [1.165, 1.54) is 36.2 Å². The number of rotatable bonds is 7. The van der Waals surface area contributed by atoms with Gasteiger partial charge in [-0.05, 0) is 79.4 Å². The lowest BCUT2D eigenvalue weighted by atomic mass is 9.79. The third kappa shape index (κ3) is 5.77. The zero-order chi connectivity index (χ0) is 34.4. The van der Waals surface area contributed by atoms with Crippen molar-refractivity contribution in [1.82, 2.24) is 0 Å². The van der Waals surface area contributed by atoms with E-state index in [0.717, 1.165) is 46.4 Å². The van der Waals surface area contributed by atoms with Gasteiger partial charge in [-0.2, -0.15) is 13.4 Å². The first-order chi connectivity index (χ1) is 23.5. The van der Waals surface area contributed by atoms with Gasteiger partial charge in [0.05, 0.1) is 11.0 Å². The number of allylic oxidation sites excluding steroid dienone is 1. The number of fused-ring (bicyclic) bond motifs is 3. The van der Waals surface area contributed by atoms with Crippen LogP contribution in [0.2, 0.25) is 0 Å². The lowest BCUT2D eigenvalue weighted by molar-refractivity contribution is -0.454. The van der Waals surface area contributed by atoms with Gasteiger partial charge in [-0.1, -0.05) is 48.5 Å². The molecule has 2 aliphatic heterocycles. The number of esters is 1. The van der Waals surface area contributed by atoms with E-state index in [-0.39, 0.29) is 11.0 Å². The third-order valence-corrected chi connectivity index (χ3v) is 9.45. The molecule has 0 spiro atoms. The normalized spacial score (nSPS) is 15.4. The molecule has 5 aromatic carbocycles. The first kappa shape index (κ1) is 32.2. The Morgan fingerprint density at radius 2 is 1.41 bits per heavy atom. The van der Waals surface area contributed by atoms with Gasteiger partial charge >= 0.3 is 5.97 Å². The van der Waals surface area contributed by atoms with E-state index in [4.69, 9.17) is 0 Å². The summed E-state index contributed by atoms with van der Waals surface area (Å²) in [5, 5.41) is 2.29. The molecule has 0 radical (unpaired) electrons. The van der Waals surface area contributed by atoms with Crippen LogP contribution in [0.1, 0.15) is 53.7 Å². The van der Waals surface area contributed by atoms with E-state index in [0.29, 0.717) is 6.54 Å². The number of ether oxygens (including phenoxy) is 1. The summed E-state index contributed by atoms with van der Waals surface area (Å²) in [7, 11) is 0. The zero-order valence-electron chi connectivity index (χ0n) is 26.9. The van der Waals surface area contributed by atoms with E-state index in [2.05, 4.69) is 88.7 Å². The van der Waals surface area contributed by atoms with Crippen LogP contribution in [0.25, 0.3) is 16.8 Å². The van der Waals surface area contributed by atoms with E-state index < -0.39 is 40.8 Å². The zero-order valence-corrected chi connectivity index (χ0v) is 26.9. The Morgan fingerprint density at radius 1 is 0.776 bits per heavy atom. The Morgan fingerprint density at radius 3 is 2.08 bits per heavy atom. The first-order valence-electron chi connectivity index (χ1n) is 16.1. The van der Waals surface area contributed by atoms with Crippen molar-refractivity contribution in [3.8, 4) is 5.75 Å². The van der Waals surface area contributed by atoms with E-state index in [1.54, 1.807) is 12.1 Å². The number of anilines is 1. The molecule has 9 heteroatoms. The summed E-state index contributed by atoms with van der Waals surface area (Å²) >= 11 is 0. The van der Waals surface area contributed by atoms with Crippen LogP contribution in [-0.4, -0.2) is 29.3 Å². The highest BCUT2D eigenvalue weighted by Crippen LogP contribution is 2.45. The largest absolute Gasteiger partial charge is 0.416 e. The minimum atomic E-state index is -2.33. The molecule has 5 aromatic rings. The Kier molecular flexibility index (Phi) is 8.30. The van der Waals surface area contributed by atoms with Crippen LogP contribution in [-0.2, 0) is 12.0 Å². The van der Waals surface area contributed by atoms with Gasteiger partial charge in [0.1, 0.15) is 0 Å². The average molecular weight is 668 g/mol. The van der Waals surface area contributed by atoms with Crippen LogP contribution in [0.3, 0.4) is 0 Å². The van der Waals surface area contributed by atoms with Crippen LogP contribution < -0.4 is 9.64 Å². The molecule has 4 nitrogen and oxygen atoms in total. The molecule has 49 heavy (non-hydrogen) atoms. The molecule has 0 aliphatic carbocycles. The fraction of sp³-hybridized carbons (Fsp3) is 0.200. The number of carbonyl (C=O) groups is 1. The van der Waals surface area contributed by atoms with Crippen molar-refractivity contribution in [2.75, 3.05) is 18.0 Å². The molecule has 0 atom stereocenters. The fourth-order valence-corrected chi connectivity index (χ4v) is 6.91. The SMILES string of the molecule is CC1(C)C(C=Cc2ccc(N3CCCC3)cc2)=[N+](Cc2ccc(C(=O)Oc3c(F)c(F)c(F)c(F)c3F)cc2)c2ccc3ccccc3c21. The molecule has 0 bridgehead atoms. The van der Waals surface area contributed by atoms with Gasteiger partial charge in [-0.3, -0.25) is 0 Å². The highest BCUT2D eigenvalue weighted by molar-refractivity contribution is 6.09. The number of hydrogen-bond donors (Lipinski definition) is 0. The quantitative estimate of drug-likeness (QED) is 0.0433. The number of halogens is 5. The molecule has 0 amide bonds. The predicted molar refractivity (Wildman–Crippen MR) is 180 cm³/mol. The van der Waals surface area contributed by atoms with Gasteiger partial charge in [0.2, 0.25) is 40.5 Å². The van der Waals surface area contributed by atoms with Gasteiger partial charge in [0, 0.05) is 42.0 Å². The Labute approximate surface area is 280 Å². The van der Waals surface area contributed by atoms with Crippen LogP contribution in [0.15, 0.2) is 91.0 Å². The van der Waals surface area contributed by atoms with Crippen molar-refractivity contribution >= 4 is 39.9 Å². The van der Waals surface area contributed by atoms with Crippen LogP contribution in [0.4, 0.5) is 33.3 Å². The monoisotopic (exact) mass is 667 g/mol. The van der Waals surface area contributed by atoms with Crippen molar-refractivity contribution < 1.29 is 36.1 Å². The van der Waals surface area contributed by atoms with Gasteiger partial charge in [-0.25, -0.2) is 18.0 Å². The maximum atomic E-state index is 14.1. The molecular formula is C40H32F5N2O2+. The standard InChI is InChI=1S/C40H32F5N2O2/c1-40(2)31(20-13-24-11-17-28(18-12-24)46-21-5-6-22-46)47(30-19-16-26-7-3-4-8-29(26)32(30)40)23-25-9-14-27(15-10-25)39(48)49-38-36(44)34(42)33(41)35(43)37(38)45/h3-4,7-20H,5-6,21-23H2,1-2H3/q+1. The lowest BCUT2D eigenvalue weighted by Crippen LogP contribution is -2.27. The van der Waals surface area contributed by atoms with Crippen molar-refractivity contribution in [3.05, 3.63) is 142 Å². The smallest absolute Gasteiger partial charge is 0.343 e. The Bertz CT molecular complexity index is 2140. The first-order valence-corrected chi connectivity index (χ1v) is 16.1. The molecule has 0 aromatic heterocycles. The fourth-order valence-electron chi connectivity index (χ4n) is 6.91. The van der Waals surface area contributed by atoms with Crippen LogP contribution in [0, 0.1) is 29.1 Å². The molecule has 0 saturated carbocycles. The Hall–Kier alpha value is -5.31. The predicted octanol–water partition coefficient (Wildman–Crippen LogP) is 9.64. The lowest BCUT2D eigenvalue weighted by Gasteiger charge is -2.18. The van der Waals surface area contributed by atoms with Crippen LogP contribution in [0.5, 0.6) is 5.75 Å². The van der Waals surface area contributed by atoms with E-state index in [9.17, 15) is 26.7 Å². The van der Waals surface area contributed by atoms with Crippen LogP contribution >= 0.6 is 0 Å². The molecule has 2 aliphatic rings. The van der Waals surface area contributed by atoms with Gasteiger partial charge in [0.25, 0.3) is 0 Å². The number of nitrogens with zero attached hydrogens (tertiary/aromatic N) is 2. The summed E-state index contributed by atoms with van der Waals surface area (Å²) in [6.45, 7) is 6.99. The summed E-state index contributed by atoms with van der Waals surface area (Å²) in [4.78, 5) is 15.1. The van der Waals surface area contributed by atoms with Crippen molar-refractivity contribution in [3.63, 3.8) is 0 Å². The van der Waals surface area contributed by atoms with Crippen molar-refractivity contribution in [2.24, 2.45) is 0 Å². The van der Waals surface area contributed by atoms with Crippen molar-refractivity contribution in [2.45, 2.75) is 38.6 Å². The molecule has 0 unspecified atom stereocenters. The summed E-state index contributed by atoms with van der Waals surface area (Å²) < 4.78 is 75.8. The second-order valence-corrected chi connectivity index (χ2v) is 12.9. The molecule has 1 saturated heterocycles. The molecule has 2 heterocycles. The maximum Gasteiger partial charge on any atom is 0.343 e. The van der Waals surface area contributed by atoms with Crippen molar-refractivity contribution in [1.29, 1.82) is 0 Å². The number of benzene rings is 5. The minimum absolute atomic E-state index is 0.123. The third-order valence-electron chi connectivity index (χ3n) is 9.45. The van der Waals surface area contributed by atoms with E-state index in [1.807, 2.05) is 12.1 Å². The molecule has 7 rings (SSSR count).